The molecule has 2 aromatic rings. The Morgan fingerprint density at radius 2 is 2.39 bits per heavy atom. The number of aromatic amines is 1. The summed E-state index contributed by atoms with van der Waals surface area (Å²) in [6.45, 7) is 1.70. The van der Waals surface area contributed by atoms with Crippen LogP contribution in [0.3, 0.4) is 0 Å². The van der Waals surface area contributed by atoms with Gasteiger partial charge in [-0.05, 0) is 13.0 Å². The molecular formula is C10H11N3O4S. The number of H-pyrrole nitrogens is 1. The van der Waals surface area contributed by atoms with Crippen LogP contribution in [-0.2, 0) is 12.8 Å². The van der Waals surface area contributed by atoms with E-state index >= 15 is 0 Å². The van der Waals surface area contributed by atoms with Gasteiger partial charge < -0.3 is 9.52 Å². The van der Waals surface area contributed by atoms with Crippen LogP contribution in [0.1, 0.15) is 21.9 Å². The molecule has 2 rings (SSSR count). The molecule has 2 N–H and O–H groups in total. The fraction of sp³-hybridized carbons (Fsp3) is 0.300. The van der Waals surface area contributed by atoms with Gasteiger partial charge in [0.2, 0.25) is 5.76 Å². The van der Waals surface area contributed by atoms with Crippen LogP contribution in [0.5, 0.6) is 0 Å². The van der Waals surface area contributed by atoms with Crippen LogP contribution in [0, 0.1) is 6.92 Å². The number of hydrogen-bond donors (Lipinski definition) is 2. The first-order valence-corrected chi connectivity index (χ1v) is 6.04. The zero-order valence-corrected chi connectivity index (χ0v) is 10.6. The van der Waals surface area contributed by atoms with Crippen LogP contribution in [0.2, 0.25) is 0 Å². The number of rotatable bonds is 4. The summed E-state index contributed by atoms with van der Waals surface area (Å²) in [5.74, 6) is -0.137. The highest BCUT2D eigenvalue weighted by molar-refractivity contribution is 7.98. The smallest absolute Gasteiger partial charge is 0.371 e. The van der Waals surface area contributed by atoms with E-state index < -0.39 is 5.97 Å². The van der Waals surface area contributed by atoms with Crippen LogP contribution in [0.25, 0.3) is 0 Å². The van der Waals surface area contributed by atoms with Gasteiger partial charge in [-0.15, -0.1) is 5.10 Å². The highest BCUT2D eigenvalue weighted by Crippen LogP contribution is 2.23. The van der Waals surface area contributed by atoms with Crippen LogP contribution in [-0.4, -0.2) is 25.8 Å². The third-order valence-corrected chi connectivity index (χ3v) is 3.51. The molecule has 0 radical (unpaired) electrons. The summed E-state index contributed by atoms with van der Waals surface area (Å²) in [7, 11) is 1.61. The molecule has 0 aliphatic rings. The molecule has 0 atom stereocenters. The van der Waals surface area contributed by atoms with Gasteiger partial charge in [0.05, 0.1) is 0 Å². The molecule has 0 aliphatic carbocycles. The molecular weight excluding hydrogens is 258 g/mol. The fourth-order valence-corrected chi connectivity index (χ4v) is 2.33. The summed E-state index contributed by atoms with van der Waals surface area (Å²) in [5, 5.41) is 15.5. The summed E-state index contributed by atoms with van der Waals surface area (Å²) >= 11 is 1.33. The molecule has 0 amide bonds. The molecule has 18 heavy (non-hydrogen) atoms. The molecule has 2 aromatic heterocycles. The van der Waals surface area contributed by atoms with Crippen molar-refractivity contribution >= 4 is 17.7 Å². The van der Waals surface area contributed by atoms with Gasteiger partial charge in [0.1, 0.15) is 5.76 Å². The molecule has 0 fully saturated rings. The Hall–Kier alpha value is -1.96. The number of nitrogens with zero attached hydrogens (tertiary/aromatic N) is 2. The van der Waals surface area contributed by atoms with Crippen LogP contribution in [0.4, 0.5) is 0 Å². The van der Waals surface area contributed by atoms with E-state index in [4.69, 9.17) is 9.52 Å². The number of aromatic carboxylic acids is 1. The van der Waals surface area contributed by atoms with Crippen molar-refractivity contribution < 1.29 is 14.3 Å². The van der Waals surface area contributed by atoms with Crippen molar-refractivity contribution in [2.45, 2.75) is 17.8 Å². The van der Waals surface area contributed by atoms with Crippen molar-refractivity contribution in [2.75, 3.05) is 0 Å². The Bertz CT molecular complexity index is 640. The van der Waals surface area contributed by atoms with Gasteiger partial charge in [0.15, 0.2) is 5.16 Å². The van der Waals surface area contributed by atoms with E-state index in [0.717, 1.165) is 5.56 Å². The van der Waals surface area contributed by atoms with Gasteiger partial charge in [-0.1, -0.05) is 11.8 Å². The maximum atomic E-state index is 11.1. The lowest BCUT2D eigenvalue weighted by Crippen LogP contribution is -2.12. The summed E-state index contributed by atoms with van der Waals surface area (Å²) in [6.07, 6.45) is 0. The van der Waals surface area contributed by atoms with E-state index in [-0.39, 0.29) is 11.4 Å². The molecule has 0 bridgehead atoms. The molecule has 0 saturated carbocycles. The first-order chi connectivity index (χ1) is 8.49. The molecule has 0 spiro atoms. The normalized spacial score (nSPS) is 10.8. The average Bonchev–Trinajstić information content (AvgIpc) is 2.83. The van der Waals surface area contributed by atoms with Gasteiger partial charge in [0.25, 0.3) is 0 Å². The van der Waals surface area contributed by atoms with Gasteiger partial charge in [-0.3, -0.25) is 4.57 Å². The summed E-state index contributed by atoms with van der Waals surface area (Å²) in [6, 6.07) is 1.48. The average molecular weight is 269 g/mol. The molecule has 2 heterocycles. The fourth-order valence-electron chi connectivity index (χ4n) is 1.37. The molecule has 7 nitrogen and oxygen atoms in total. The highest BCUT2D eigenvalue weighted by atomic mass is 32.2. The largest absolute Gasteiger partial charge is 0.475 e. The van der Waals surface area contributed by atoms with Crippen LogP contribution >= 0.6 is 11.8 Å². The van der Waals surface area contributed by atoms with Gasteiger partial charge in [-0.25, -0.2) is 14.7 Å². The Labute approximate surface area is 106 Å². The van der Waals surface area contributed by atoms with Crippen molar-refractivity contribution in [3.05, 3.63) is 33.6 Å². The number of carboxylic acid groups (broad SMARTS) is 1. The van der Waals surface area contributed by atoms with E-state index in [1.54, 1.807) is 14.0 Å². The number of thioether (sulfide) groups is 1. The maximum absolute atomic E-state index is 11.1. The molecule has 0 saturated heterocycles. The lowest BCUT2D eigenvalue weighted by Gasteiger charge is -1.98. The van der Waals surface area contributed by atoms with E-state index in [1.165, 1.54) is 22.4 Å². The number of carboxylic acids is 1. The zero-order valence-electron chi connectivity index (χ0n) is 9.76. The monoisotopic (exact) mass is 269 g/mol. The van der Waals surface area contributed by atoms with E-state index in [1.807, 2.05) is 0 Å². The Kier molecular flexibility index (Phi) is 3.28. The SMILES string of the molecule is Cc1oc(C(=O)O)cc1CSc1n[nH]c(=O)n1C. The zero-order chi connectivity index (χ0) is 13.3. The second-order valence-corrected chi connectivity index (χ2v) is 4.60. The molecule has 0 aliphatic heterocycles. The van der Waals surface area contributed by atoms with E-state index in [2.05, 4.69) is 10.2 Å². The minimum atomic E-state index is -1.10. The first-order valence-electron chi connectivity index (χ1n) is 5.06. The number of furan rings is 1. The van der Waals surface area contributed by atoms with Gasteiger partial charge in [0, 0.05) is 18.4 Å². The number of hydrogen-bond acceptors (Lipinski definition) is 5. The van der Waals surface area contributed by atoms with Crippen molar-refractivity contribution in [3.8, 4) is 0 Å². The summed E-state index contributed by atoms with van der Waals surface area (Å²) in [5.41, 5.74) is 0.487. The first kappa shape index (κ1) is 12.5. The van der Waals surface area contributed by atoms with Gasteiger partial charge >= 0.3 is 11.7 Å². The van der Waals surface area contributed by atoms with Crippen molar-refractivity contribution in [1.29, 1.82) is 0 Å². The topological polar surface area (TPSA) is 101 Å². The third-order valence-electron chi connectivity index (χ3n) is 2.43. The lowest BCUT2D eigenvalue weighted by atomic mass is 10.3. The van der Waals surface area contributed by atoms with Crippen molar-refractivity contribution in [3.63, 3.8) is 0 Å². The predicted octanol–water partition coefficient (Wildman–Crippen LogP) is 1.00. The van der Waals surface area contributed by atoms with Crippen molar-refractivity contribution in [1.82, 2.24) is 14.8 Å². The van der Waals surface area contributed by atoms with Crippen LogP contribution < -0.4 is 5.69 Å². The predicted molar refractivity (Wildman–Crippen MR) is 63.8 cm³/mol. The summed E-state index contributed by atoms with van der Waals surface area (Å²) < 4.78 is 6.48. The number of carbonyl (C=O) groups is 1. The number of aryl methyl sites for hydroxylation is 1. The van der Waals surface area contributed by atoms with Crippen molar-refractivity contribution in [2.24, 2.45) is 7.05 Å². The summed E-state index contributed by atoms with van der Waals surface area (Å²) in [4.78, 5) is 21.9. The number of aromatic nitrogens is 3. The minimum Gasteiger partial charge on any atom is -0.475 e. The minimum absolute atomic E-state index is 0.0842. The Morgan fingerprint density at radius 1 is 1.67 bits per heavy atom. The Balaban J connectivity index is 2.13. The highest BCUT2D eigenvalue weighted by Gasteiger charge is 2.14. The quantitative estimate of drug-likeness (QED) is 0.803. The third kappa shape index (κ3) is 2.33. The van der Waals surface area contributed by atoms with Crippen LogP contribution in [0.15, 0.2) is 20.4 Å². The second kappa shape index (κ2) is 4.73. The molecule has 0 unspecified atom stereocenters. The standard InChI is InChI=1S/C10H11N3O4S/c1-5-6(3-7(17-5)8(14)15)4-18-10-12-11-9(16)13(10)2/h3H,4H2,1-2H3,(H,11,16)(H,14,15). The lowest BCUT2D eigenvalue weighted by molar-refractivity contribution is 0.0661. The molecule has 96 valence electrons. The van der Waals surface area contributed by atoms with Gasteiger partial charge in [-0.2, -0.15) is 0 Å². The maximum Gasteiger partial charge on any atom is 0.371 e. The molecule has 0 aromatic carbocycles. The number of nitrogens with one attached hydrogen (secondary N) is 1. The Morgan fingerprint density at radius 3 is 2.89 bits per heavy atom. The van der Waals surface area contributed by atoms with E-state index in [0.29, 0.717) is 16.7 Å². The van der Waals surface area contributed by atoms with E-state index in [9.17, 15) is 9.59 Å². The second-order valence-electron chi connectivity index (χ2n) is 3.66. The molecule has 8 heteroatoms.